The number of primary amides is 1. The SMILES string of the molecule is CN=C1NC2CC(C(N)=O)=CC(OC/C=C/CN=C/C(=C\N)NC(=O)OC(C)(C)C)=C2N1C/C=C/Cn1c(NC)nc2cc(C=O)cc(OCCCSC)c21. The third-order valence-corrected chi connectivity index (χ3v) is 8.84. The number of nitrogens with two attached hydrogens (primary N) is 2. The zero-order chi connectivity index (χ0) is 40.0. The number of nitrogens with zero attached hydrogens (tertiary/aromatic N) is 5. The van der Waals surface area contributed by atoms with Gasteiger partial charge in [-0.1, -0.05) is 18.2 Å². The number of carbonyl (C=O) groups excluding carboxylic acids is 3. The number of ether oxygens (including phenoxy) is 3. The number of nitrogens with one attached hydrogen (secondary N) is 3. The summed E-state index contributed by atoms with van der Waals surface area (Å²) in [5.74, 6) is 2.82. The molecule has 2 heterocycles. The van der Waals surface area contributed by atoms with Crippen LogP contribution in [0.3, 0.4) is 0 Å². The summed E-state index contributed by atoms with van der Waals surface area (Å²) in [6.07, 6.45) is 15.5. The Kier molecular flexibility index (Phi) is 15.4. The highest BCUT2D eigenvalue weighted by Gasteiger charge is 2.38. The van der Waals surface area contributed by atoms with Crippen LogP contribution in [0.15, 0.2) is 81.4 Å². The number of carbonyl (C=O) groups is 3. The fourth-order valence-corrected chi connectivity index (χ4v) is 6.21. The zero-order valence-electron chi connectivity index (χ0n) is 32.3. The maximum atomic E-state index is 12.3. The van der Waals surface area contributed by atoms with Crippen LogP contribution in [-0.2, 0) is 20.8 Å². The number of anilines is 1. The molecule has 1 fully saturated rings. The second-order valence-corrected chi connectivity index (χ2v) is 14.3. The summed E-state index contributed by atoms with van der Waals surface area (Å²) in [5, 5.41) is 9.11. The molecule has 1 aromatic carbocycles. The van der Waals surface area contributed by atoms with Gasteiger partial charge >= 0.3 is 6.09 Å². The summed E-state index contributed by atoms with van der Waals surface area (Å²) in [6.45, 7) is 7.23. The summed E-state index contributed by atoms with van der Waals surface area (Å²) >= 11 is 1.75. The highest BCUT2D eigenvalue weighted by Crippen LogP contribution is 2.33. The van der Waals surface area contributed by atoms with Crippen LogP contribution < -0.4 is 32.2 Å². The van der Waals surface area contributed by atoms with Gasteiger partial charge in [0.2, 0.25) is 11.9 Å². The molecule has 4 rings (SSSR count). The van der Waals surface area contributed by atoms with Gasteiger partial charge < -0.3 is 45.8 Å². The molecule has 1 aliphatic heterocycles. The number of benzene rings is 1. The van der Waals surface area contributed by atoms with E-state index in [1.165, 1.54) is 12.4 Å². The summed E-state index contributed by atoms with van der Waals surface area (Å²) < 4.78 is 19.6. The number of aldehydes is 1. The van der Waals surface area contributed by atoms with Gasteiger partial charge in [-0.15, -0.1) is 0 Å². The Morgan fingerprint density at radius 2 is 1.95 bits per heavy atom. The van der Waals surface area contributed by atoms with Crippen LogP contribution in [0, 0.1) is 0 Å². The summed E-state index contributed by atoms with van der Waals surface area (Å²) in [7, 11) is 3.50. The molecule has 2 aliphatic rings. The number of aromatic nitrogens is 2. The van der Waals surface area contributed by atoms with Crippen LogP contribution in [0.4, 0.5) is 10.7 Å². The average molecular weight is 777 g/mol. The summed E-state index contributed by atoms with van der Waals surface area (Å²) in [4.78, 5) is 51.5. The minimum absolute atomic E-state index is 0.190. The lowest BCUT2D eigenvalue weighted by molar-refractivity contribution is -0.114. The van der Waals surface area contributed by atoms with Crippen molar-refractivity contribution in [3.05, 3.63) is 77.0 Å². The van der Waals surface area contributed by atoms with E-state index in [0.717, 1.165) is 29.7 Å². The van der Waals surface area contributed by atoms with Gasteiger partial charge in [-0.05, 0) is 63.5 Å². The van der Waals surface area contributed by atoms with Crippen molar-refractivity contribution in [3.63, 3.8) is 0 Å². The van der Waals surface area contributed by atoms with Crippen LogP contribution in [0.25, 0.3) is 11.0 Å². The Morgan fingerprint density at radius 1 is 1.16 bits per heavy atom. The number of allylic oxidation sites excluding steroid dienone is 3. The second-order valence-electron chi connectivity index (χ2n) is 13.3. The first-order chi connectivity index (χ1) is 26.4. The molecule has 0 saturated carbocycles. The van der Waals surface area contributed by atoms with E-state index >= 15 is 0 Å². The number of amides is 2. The number of aliphatic imine (C=N–C) groups is 2. The minimum Gasteiger partial charge on any atom is -0.491 e. The first-order valence-electron chi connectivity index (χ1n) is 17.8. The number of guanidine groups is 1. The predicted octanol–water partition coefficient (Wildman–Crippen LogP) is 3.83. The van der Waals surface area contributed by atoms with E-state index in [0.29, 0.717) is 78.4 Å². The van der Waals surface area contributed by atoms with Gasteiger partial charge in [0.1, 0.15) is 35.5 Å². The normalized spacial score (nSPS) is 16.9. The van der Waals surface area contributed by atoms with Gasteiger partial charge in [-0.3, -0.25) is 24.9 Å². The Labute approximate surface area is 325 Å². The molecular weight excluding hydrogens is 725 g/mol. The molecule has 2 aromatic rings. The minimum atomic E-state index is -0.648. The number of hydrogen-bond donors (Lipinski definition) is 5. The molecule has 16 nitrogen and oxygen atoms in total. The predicted molar refractivity (Wildman–Crippen MR) is 218 cm³/mol. The molecule has 0 spiro atoms. The molecular formula is C38H52N10O6S. The van der Waals surface area contributed by atoms with Crippen LogP contribution in [0.2, 0.25) is 0 Å². The first kappa shape index (κ1) is 42.0. The smallest absolute Gasteiger partial charge is 0.412 e. The second kappa shape index (κ2) is 20.1. The average Bonchev–Trinajstić information content (AvgIpc) is 3.70. The first-order valence-corrected chi connectivity index (χ1v) is 19.2. The highest BCUT2D eigenvalue weighted by molar-refractivity contribution is 7.98. The Hall–Kier alpha value is -5.71. The summed E-state index contributed by atoms with van der Waals surface area (Å²) in [5.41, 5.74) is 14.2. The lowest BCUT2D eigenvalue weighted by Gasteiger charge is -2.25. The van der Waals surface area contributed by atoms with E-state index < -0.39 is 17.6 Å². The highest BCUT2D eigenvalue weighted by atomic mass is 32.2. The van der Waals surface area contributed by atoms with Gasteiger partial charge in [0.05, 0.1) is 36.1 Å². The number of rotatable bonds is 19. The molecule has 1 aromatic heterocycles. The van der Waals surface area contributed by atoms with Crippen LogP contribution >= 0.6 is 11.8 Å². The van der Waals surface area contributed by atoms with Gasteiger partial charge in [-0.2, -0.15) is 11.8 Å². The number of imidazole rings is 1. The van der Waals surface area contributed by atoms with Crippen molar-refractivity contribution in [2.24, 2.45) is 21.5 Å². The maximum absolute atomic E-state index is 12.3. The third kappa shape index (κ3) is 11.6. The molecule has 296 valence electrons. The maximum Gasteiger partial charge on any atom is 0.412 e. The van der Waals surface area contributed by atoms with Crippen molar-refractivity contribution in [1.29, 1.82) is 0 Å². The number of alkyl carbamates (subject to hydrolysis) is 1. The largest absolute Gasteiger partial charge is 0.491 e. The molecule has 0 radical (unpaired) electrons. The van der Waals surface area contributed by atoms with Crippen molar-refractivity contribution in [3.8, 4) is 5.75 Å². The van der Waals surface area contributed by atoms with Crippen molar-refractivity contribution >= 4 is 59.2 Å². The van der Waals surface area contributed by atoms with Gasteiger partial charge in [0.15, 0.2) is 5.96 Å². The summed E-state index contributed by atoms with van der Waals surface area (Å²) in [6, 6.07) is 3.24. The molecule has 55 heavy (non-hydrogen) atoms. The van der Waals surface area contributed by atoms with Gasteiger partial charge in [0.25, 0.3) is 0 Å². The Balaban J connectivity index is 1.48. The molecule has 1 aliphatic carbocycles. The molecule has 1 unspecified atom stereocenters. The quantitative estimate of drug-likeness (QED) is 0.0596. The van der Waals surface area contributed by atoms with Crippen LogP contribution in [0.5, 0.6) is 5.75 Å². The lowest BCUT2D eigenvalue weighted by atomic mass is 9.96. The molecule has 1 atom stereocenters. The molecule has 7 N–H and O–H groups in total. The topological polar surface area (TPSA) is 213 Å². The number of thioether (sulfide) groups is 1. The van der Waals surface area contributed by atoms with Gasteiger partial charge in [-0.25, -0.2) is 9.78 Å². The van der Waals surface area contributed by atoms with Crippen molar-refractivity contribution in [1.82, 2.24) is 25.1 Å². The fraction of sp³-hybridized carbons (Fsp3) is 0.421. The van der Waals surface area contributed by atoms with E-state index in [1.807, 2.05) is 21.6 Å². The van der Waals surface area contributed by atoms with E-state index in [9.17, 15) is 14.4 Å². The number of hydrogen-bond acceptors (Lipinski definition) is 12. The molecule has 17 heteroatoms. The third-order valence-electron chi connectivity index (χ3n) is 8.14. The van der Waals surface area contributed by atoms with Gasteiger partial charge in [0, 0.05) is 57.2 Å². The monoisotopic (exact) mass is 776 g/mol. The number of fused-ring (bicyclic) bond motifs is 2. The van der Waals surface area contributed by atoms with E-state index in [2.05, 4.69) is 32.2 Å². The van der Waals surface area contributed by atoms with Crippen LogP contribution in [0.1, 0.15) is 44.0 Å². The van der Waals surface area contributed by atoms with E-state index in [-0.39, 0.29) is 12.6 Å². The Bertz CT molecular complexity index is 1920. The van der Waals surface area contributed by atoms with Crippen molar-refractivity contribution in [2.75, 3.05) is 57.7 Å². The van der Waals surface area contributed by atoms with E-state index in [4.69, 9.17) is 30.7 Å². The van der Waals surface area contributed by atoms with Crippen LogP contribution in [-0.4, -0.2) is 109 Å². The van der Waals surface area contributed by atoms with E-state index in [1.54, 1.807) is 77.0 Å². The molecule has 2 amide bonds. The standard InChI is InChI=1S/C38H52N10O6S/c1-38(2,3)54-37(51)44-27(22-39)23-43-12-7-10-15-52-31-21-26(34(40)50)20-29-33(31)48(36(42-5)46-29)14-9-8-13-47-32-28(45-35(47)41-4)18-25(24-49)19-30(32)53-16-11-17-55-6/h7-10,18-19,21-24,29H,11-17,20,39H2,1-6H3,(H2,40,50)(H,41,45)(H,42,46)(H,44,51)/b9-8+,10-7+,27-22+,43-23?. The fourth-order valence-electron chi connectivity index (χ4n) is 5.80. The van der Waals surface area contributed by atoms with Crippen molar-refractivity contribution < 1.29 is 28.6 Å². The lowest BCUT2D eigenvalue weighted by Crippen LogP contribution is -2.32. The molecule has 1 saturated heterocycles. The van der Waals surface area contributed by atoms with Crippen molar-refractivity contribution in [2.45, 2.75) is 51.8 Å². The Morgan fingerprint density at radius 3 is 2.62 bits per heavy atom. The molecule has 0 bridgehead atoms. The zero-order valence-corrected chi connectivity index (χ0v) is 33.1.